The van der Waals surface area contributed by atoms with Crippen molar-refractivity contribution in [1.82, 2.24) is 9.88 Å². The Kier molecular flexibility index (Phi) is 3.52. The van der Waals surface area contributed by atoms with Crippen LogP contribution in [0.5, 0.6) is 0 Å². The van der Waals surface area contributed by atoms with E-state index in [1.807, 2.05) is 31.1 Å². The SMILES string of the molecule is CN(C)Cc1ccc(SO)cn1. The lowest BCUT2D eigenvalue weighted by atomic mass is 10.3. The molecule has 1 aromatic rings. The lowest BCUT2D eigenvalue weighted by molar-refractivity contribution is 0.396. The van der Waals surface area contributed by atoms with E-state index >= 15 is 0 Å². The van der Waals surface area contributed by atoms with Crippen LogP contribution >= 0.6 is 12.0 Å². The molecule has 0 saturated heterocycles. The fourth-order valence-corrected chi connectivity index (χ4v) is 1.11. The molecule has 0 amide bonds. The minimum Gasteiger partial charge on any atom is -0.325 e. The highest BCUT2D eigenvalue weighted by Gasteiger charge is 1.96. The molecule has 0 aromatic carbocycles. The largest absolute Gasteiger partial charge is 0.325 e. The van der Waals surface area contributed by atoms with Gasteiger partial charge < -0.3 is 9.45 Å². The normalized spacial score (nSPS) is 10.7. The summed E-state index contributed by atoms with van der Waals surface area (Å²) in [6, 6.07) is 3.77. The van der Waals surface area contributed by atoms with Gasteiger partial charge >= 0.3 is 0 Å². The van der Waals surface area contributed by atoms with Crippen LogP contribution < -0.4 is 0 Å². The van der Waals surface area contributed by atoms with Gasteiger partial charge in [-0.25, -0.2) is 0 Å². The number of hydrogen-bond acceptors (Lipinski definition) is 4. The van der Waals surface area contributed by atoms with Crippen molar-refractivity contribution in [2.45, 2.75) is 11.4 Å². The predicted molar refractivity (Wildman–Crippen MR) is 50.1 cm³/mol. The molecule has 0 radical (unpaired) electrons. The zero-order valence-electron chi connectivity index (χ0n) is 7.19. The maximum atomic E-state index is 8.68. The van der Waals surface area contributed by atoms with Crippen LogP contribution in [-0.4, -0.2) is 28.5 Å². The predicted octanol–water partition coefficient (Wildman–Crippen LogP) is 1.71. The minimum absolute atomic E-state index is 0.720. The van der Waals surface area contributed by atoms with Gasteiger partial charge in [0.2, 0.25) is 0 Å². The average molecular weight is 184 g/mol. The van der Waals surface area contributed by atoms with Gasteiger partial charge in [0.1, 0.15) is 0 Å². The Morgan fingerprint density at radius 2 is 2.25 bits per heavy atom. The van der Waals surface area contributed by atoms with Crippen molar-refractivity contribution in [2.75, 3.05) is 14.1 Å². The second-order valence-electron chi connectivity index (χ2n) is 2.81. The molecule has 4 heteroatoms. The van der Waals surface area contributed by atoms with Crippen LogP contribution in [0.15, 0.2) is 23.2 Å². The number of aromatic nitrogens is 1. The summed E-state index contributed by atoms with van der Waals surface area (Å²) in [7, 11) is 3.99. The molecule has 66 valence electrons. The fourth-order valence-electron chi connectivity index (χ4n) is 0.882. The Labute approximate surface area is 76.6 Å². The molecular formula is C8H12N2OS. The van der Waals surface area contributed by atoms with Crippen LogP contribution in [0.2, 0.25) is 0 Å². The van der Waals surface area contributed by atoms with E-state index in [0.29, 0.717) is 0 Å². The van der Waals surface area contributed by atoms with E-state index in [0.717, 1.165) is 29.2 Å². The highest BCUT2D eigenvalue weighted by atomic mass is 32.2. The highest BCUT2D eigenvalue weighted by Crippen LogP contribution is 2.12. The quantitative estimate of drug-likeness (QED) is 0.725. The van der Waals surface area contributed by atoms with Gasteiger partial charge in [-0.3, -0.25) is 4.98 Å². The zero-order chi connectivity index (χ0) is 8.97. The molecule has 0 aliphatic carbocycles. The summed E-state index contributed by atoms with van der Waals surface area (Å²) in [6.45, 7) is 0.830. The van der Waals surface area contributed by atoms with E-state index in [-0.39, 0.29) is 0 Å². The Morgan fingerprint density at radius 3 is 2.67 bits per heavy atom. The third kappa shape index (κ3) is 2.81. The summed E-state index contributed by atoms with van der Waals surface area (Å²) in [5, 5.41) is 0. The summed E-state index contributed by atoms with van der Waals surface area (Å²) >= 11 is 0.720. The lowest BCUT2D eigenvalue weighted by Crippen LogP contribution is -2.11. The molecule has 12 heavy (non-hydrogen) atoms. The fraction of sp³-hybridized carbons (Fsp3) is 0.375. The summed E-state index contributed by atoms with van der Waals surface area (Å²) in [4.78, 5) is 6.99. The number of pyridine rings is 1. The number of rotatable bonds is 3. The molecule has 1 N–H and O–H groups in total. The molecule has 0 spiro atoms. The molecule has 0 unspecified atom stereocenters. The van der Waals surface area contributed by atoms with E-state index in [1.165, 1.54) is 0 Å². The average Bonchev–Trinajstić information content (AvgIpc) is 2.05. The summed E-state index contributed by atoms with van der Waals surface area (Å²) in [5.41, 5.74) is 1.01. The van der Waals surface area contributed by atoms with E-state index in [1.54, 1.807) is 6.20 Å². The molecule has 0 fully saturated rings. The smallest absolute Gasteiger partial charge is 0.0544 e. The maximum Gasteiger partial charge on any atom is 0.0544 e. The standard InChI is InChI=1S/C8H12N2OS/c1-10(2)6-7-3-4-8(12-11)5-9-7/h3-5,11H,6H2,1-2H3. The Hall–Kier alpha value is -0.580. The minimum atomic E-state index is 0.720. The highest BCUT2D eigenvalue weighted by molar-refractivity contribution is 7.93. The van der Waals surface area contributed by atoms with E-state index < -0.39 is 0 Å². The van der Waals surface area contributed by atoms with E-state index in [2.05, 4.69) is 4.98 Å². The van der Waals surface area contributed by atoms with Gasteiger partial charge in [0.15, 0.2) is 0 Å². The first-order chi connectivity index (χ1) is 5.72. The van der Waals surface area contributed by atoms with Gasteiger partial charge in [-0.1, -0.05) is 0 Å². The molecule has 1 aromatic heterocycles. The van der Waals surface area contributed by atoms with E-state index in [4.69, 9.17) is 4.55 Å². The van der Waals surface area contributed by atoms with Crippen LogP contribution in [0.4, 0.5) is 0 Å². The van der Waals surface area contributed by atoms with Crippen molar-refractivity contribution in [3.8, 4) is 0 Å². The molecule has 0 atom stereocenters. The van der Waals surface area contributed by atoms with Crippen LogP contribution in [0.25, 0.3) is 0 Å². The summed E-state index contributed by atoms with van der Waals surface area (Å²) < 4.78 is 8.68. The molecule has 0 aliphatic rings. The number of hydrogen-bond donors (Lipinski definition) is 1. The van der Waals surface area contributed by atoms with Crippen LogP contribution in [-0.2, 0) is 6.54 Å². The van der Waals surface area contributed by atoms with Crippen molar-refractivity contribution in [3.05, 3.63) is 24.0 Å². The third-order valence-electron chi connectivity index (χ3n) is 1.38. The summed E-state index contributed by atoms with van der Waals surface area (Å²) in [5.74, 6) is 0. The molecule has 3 nitrogen and oxygen atoms in total. The molecular weight excluding hydrogens is 172 g/mol. The van der Waals surface area contributed by atoms with Gasteiger partial charge in [-0.15, -0.1) is 0 Å². The maximum absolute atomic E-state index is 8.68. The molecule has 0 aliphatic heterocycles. The molecule has 0 bridgehead atoms. The second-order valence-corrected chi connectivity index (χ2v) is 3.47. The lowest BCUT2D eigenvalue weighted by Gasteiger charge is -2.08. The topological polar surface area (TPSA) is 36.4 Å². The van der Waals surface area contributed by atoms with Crippen molar-refractivity contribution in [2.24, 2.45) is 0 Å². The van der Waals surface area contributed by atoms with Crippen LogP contribution in [0.1, 0.15) is 5.69 Å². The van der Waals surface area contributed by atoms with Gasteiger partial charge in [0.05, 0.1) is 10.6 Å². The molecule has 0 saturated carbocycles. The van der Waals surface area contributed by atoms with Gasteiger partial charge in [0, 0.05) is 24.8 Å². The van der Waals surface area contributed by atoms with E-state index in [9.17, 15) is 0 Å². The molecule has 1 rings (SSSR count). The first-order valence-corrected chi connectivity index (χ1v) is 4.41. The third-order valence-corrected chi connectivity index (χ3v) is 1.83. The first kappa shape index (κ1) is 9.51. The van der Waals surface area contributed by atoms with Gasteiger partial charge in [0.25, 0.3) is 0 Å². The van der Waals surface area contributed by atoms with Crippen molar-refractivity contribution < 1.29 is 4.55 Å². The summed E-state index contributed by atoms with van der Waals surface area (Å²) in [6.07, 6.45) is 1.67. The number of nitrogens with zero attached hydrogens (tertiary/aromatic N) is 2. The van der Waals surface area contributed by atoms with Crippen LogP contribution in [0, 0.1) is 0 Å². The van der Waals surface area contributed by atoms with Gasteiger partial charge in [-0.05, 0) is 26.2 Å². The Balaban J connectivity index is 2.65. The van der Waals surface area contributed by atoms with Crippen LogP contribution in [0.3, 0.4) is 0 Å². The monoisotopic (exact) mass is 184 g/mol. The Morgan fingerprint density at radius 1 is 1.50 bits per heavy atom. The van der Waals surface area contributed by atoms with Crippen molar-refractivity contribution >= 4 is 12.0 Å². The first-order valence-electron chi connectivity index (χ1n) is 3.63. The zero-order valence-corrected chi connectivity index (χ0v) is 8.01. The second kappa shape index (κ2) is 4.45. The molecule has 1 heterocycles. The Bertz CT molecular complexity index is 235. The van der Waals surface area contributed by atoms with Gasteiger partial charge in [-0.2, -0.15) is 0 Å². The van der Waals surface area contributed by atoms with Crippen molar-refractivity contribution in [1.29, 1.82) is 0 Å². The van der Waals surface area contributed by atoms with Crippen molar-refractivity contribution in [3.63, 3.8) is 0 Å².